The number of halogens is 1. The molecule has 0 bridgehead atoms. The molecule has 0 fully saturated rings. The van der Waals surface area contributed by atoms with E-state index in [0.717, 1.165) is 10.5 Å². The summed E-state index contributed by atoms with van der Waals surface area (Å²) in [6, 6.07) is 4.67. The Labute approximate surface area is 98.9 Å². The molecule has 16 heavy (non-hydrogen) atoms. The molecule has 2 nitrogen and oxygen atoms in total. The smallest absolute Gasteiger partial charge is 0.217 e. The molecule has 1 aromatic carbocycles. The Kier molecular flexibility index (Phi) is 2.93. The zero-order chi connectivity index (χ0) is 11.8. The van der Waals surface area contributed by atoms with Crippen LogP contribution in [-0.4, -0.2) is 24.3 Å². The van der Waals surface area contributed by atoms with Crippen LogP contribution in [-0.2, 0) is 4.74 Å². The molecular formula is C12H14FNOS. The monoisotopic (exact) mass is 239 g/mol. The van der Waals surface area contributed by atoms with Gasteiger partial charge in [-0.05, 0) is 38.3 Å². The van der Waals surface area contributed by atoms with Crippen LogP contribution in [0.2, 0.25) is 0 Å². The zero-order valence-corrected chi connectivity index (χ0v) is 10.4. The highest BCUT2D eigenvalue weighted by Gasteiger charge is 2.28. The largest absolute Gasteiger partial charge is 0.475 e. The molecular weight excluding hydrogens is 225 g/mol. The Morgan fingerprint density at radius 2 is 2.19 bits per heavy atom. The molecule has 1 heterocycles. The molecule has 4 heteroatoms. The molecule has 1 aliphatic rings. The molecule has 0 aromatic heterocycles. The molecule has 1 aliphatic heterocycles. The van der Waals surface area contributed by atoms with Crippen molar-refractivity contribution in [3.8, 4) is 0 Å². The topological polar surface area (TPSA) is 21.6 Å². The summed E-state index contributed by atoms with van der Waals surface area (Å²) in [5.74, 6) is 0.389. The van der Waals surface area contributed by atoms with E-state index in [1.54, 1.807) is 6.07 Å². The van der Waals surface area contributed by atoms with Crippen LogP contribution in [0.15, 0.2) is 28.1 Å². The fourth-order valence-corrected chi connectivity index (χ4v) is 2.17. The lowest BCUT2D eigenvalue weighted by molar-refractivity contribution is 0.279. The van der Waals surface area contributed by atoms with Crippen LogP contribution < -0.4 is 0 Å². The number of hydrogen-bond acceptors (Lipinski definition) is 3. The first-order chi connectivity index (χ1) is 7.52. The second kappa shape index (κ2) is 4.09. The van der Waals surface area contributed by atoms with Gasteiger partial charge in [0, 0.05) is 4.90 Å². The van der Waals surface area contributed by atoms with E-state index >= 15 is 0 Å². The fraction of sp³-hybridized carbons (Fsp3) is 0.417. The predicted molar refractivity (Wildman–Crippen MR) is 64.7 cm³/mol. The Hall–Kier alpha value is -1.03. The lowest BCUT2D eigenvalue weighted by atomic mass is 10.1. The Morgan fingerprint density at radius 3 is 2.75 bits per heavy atom. The molecule has 0 unspecified atom stereocenters. The number of ether oxygens (including phenoxy) is 1. The van der Waals surface area contributed by atoms with Gasteiger partial charge >= 0.3 is 0 Å². The molecule has 0 aliphatic carbocycles. The molecule has 86 valence electrons. The van der Waals surface area contributed by atoms with Gasteiger partial charge in [0.25, 0.3) is 0 Å². The second-order valence-electron chi connectivity index (χ2n) is 4.36. The molecule has 0 atom stereocenters. The lowest BCUT2D eigenvalue weighted by Gasteiger charge is -2.07. The highest BCUT2D eigenvalue weighted by atomic mass is 32.2. The van der Waals surface area contributed by atoms with Crippen molar-refractivity contribution in [3.63, 3.8) is 0 Å². The van der Waals surface area contributed by atoms with Crippen LogP contribution in [0.4, 0.5) is 4.39 Å². The van der Waals surface area contributed by atoms with Crippen LogP contribution in [0.25, 0.3) is 0 Å². The van der Waals surface area contributed by atoms with Crippen LogP contribution in [0.5, 0.6) is 0 Å². The summed E-state index contributed by atoms with van der Waals surface area (Å²) in [4.78, 5) is 5.35. The summed E-state index contributed by atoms with van der Waals surface area (Å²) in [5, 5.41) is 0. The van der Waals surface area contributed by atoms with E-state index in [0.29, 0.717) is 12.5 Å². The minimum absolute atomic E-state index is 0.181. The second-order valence-corrected chi connectivity index (χ2v) is 5.21. The zero-order valence-electron chi connectivity index (χ0n) is 9.58. The van der Waals surface area contributed by atoms with E-state index in [-0.39, 0.29) is 11.4 Å². The Morgan fingerprint density at radius 1 is 1.44 bits per heavy atom. The molecule has 0 saturated carbocycles. The van der Waals surface area contributed by atoms with Crippen LogP contribution in [0, 0.1) is 5.82 Å². The number of nitrogens with zero attached hydrogens (tertiary/aromatic N) is 1. The van der Waals surface area contributed by atoms with E-state index in [4.69, 9.17) is 4.74 Å². The first kappa shape index (κ1) is 11.5. The van der Waals surface area contributed by atoms with E-state index in [2.05, 4.69) is 4.99 Å². The van der Waals surface area contributed by atoms with Gasteiger partial charge in [-0.15, -0.1) is 11.8 Å². The summed E-state index contributed by atoms with van der Waals surface area (Å²) in [6.45, 7) is 4.61. The quantitative estimate of drug-likeness (QED) is 0.740. The third kappa shape index (κ3) is 2.21. The molecule has 0 spiro atoms. The summed E-state index contributed by atoms with van der Waals surface area (Å²) >= 11 is 1.50. The third-order valence-corrected chi connectivity index (χ3v) is 3.14. The maximum atomic E-state index is 13.1. The minimum atomic E-state index is -0.231. The average Bonchev–Trinajstić information content (AvgIpc) is 2.58. The number of aliphatic imine (C=N–C) groups is 1. The molecule has 0 amide bonds. The number of rotatable bonds is 2. The van der Waals surface area contributed by atoms with Crippen molar-refractivity contribution in [1.29, 1.82) is 0 Å². The third-order valence-electron chi connectivity index (χ3n) is 2.36. The summed E-state index contributed by atoms with van der Waals surface area (Å²) < 4.78 is 18.6. The van der Waals surface area contributed by atoms with Crippen molar-refractivity contribution in [3.05, 3.63) is 29.6 Å². The fourth-order valence-electron chi connectivity index (χ4n) is 1.56. The predicted octanol–water partition coefficient (Wildman–Crippen LogP) is 3.10. The number of benzene rings is 1. The highest BCUT2D eigenvalue weighted by Crippen LogP contribution is 2.27. The van der Waals surface area contributed by atoms with Crippen molar-refractivity contribution >= 4 is 17.7 Å². The summed E-state index contributed by atoms with van der Waals surface area (Å²) in [7, 11) is 0. The number of thioether (sulfide) groups is 1. The van der Waals surface area contributed by atoms with E-state index in [1.807, 2.05) is 20.1 Å². The summed E-state index contributed by atoms with van der Waals surface area (Å²) in [6.07, 6.45) is 1.92. The van der Waals surface area contributed by atoms with Crippen molar-refractivity contribution in [1.82, 2.24) is 0 Å². The van der Waals surface area contributed by atoms with Crippen LogP contribution in [0.3, 0.4) is 0 Å². The first-order valence-corrected chi connectivity index (χ1v) is 6.31. The minimum Gasteiger partial charge on any atom is -0.475 e. The van der Waals surface area contributed by atoms with Gasteiger partial charge in [0.05, 0.1) is 11.1 Å². The van der Waals surface area contributed by atoms with Gasteiger partial charge in [0.1, 0.15) is 12.4 Å². The lowest BCUT2D eigenvalue weighted by Crippen LogP contribution is -2.17. The van der Waals surface area contributed by atoms with Gasteiger partial charge in [0.2, 0.25) is 5.90 Å². The van der Waals surface area contributed by atoms with Gasteiger partial charge in [-0.25, -0.2) is 9.38 Å². The molecule has 2 rings (SSSR count). The van der Waals surface area contributed by atoms with Crippen molar-refractivity contribution in [2.45, 2.75) is 24.3 Å². The standard InChI is InChI=1S/C12H14FNOS/c1-12(2)7-15-11(14-12)9-5-4-8(13)6-10(9)16-3/h4-6H,7H2,1-3H3. The van der Waals surface area contributed by atoms with Gasteiger partial charge in [-0.3, -0.25) is 0 Å². The SMILES string of the molecule is CSc1cc(F)ccc1C1=NC(C)(C)CO1. The number of hydrogen-bond donors (Lipinski definition) is 0. The summed E-state index contributed by atoms with van der Waals surface area (Å²) in [5.41, 5.74) is 0.693. The molecule has 0 N–H and O–H groups in total. The van der Waals surface area contributed by atoms with Gasteiger partial charge in [-0.1, -0.05) is 0 Å². The first-order valence-electron chi connectivity index (χ1n) is 5.08. The van der Waals surface area contributed by atoms with E-state index < -0.39 is 0 Å². The Balaban J connectivity index is 2.42. The highest BCUT2D eigenvalue weighted by molar-refractivity contribution is 7.98. The average molecular weight is 239 g/mol. The molecule has 1 aromatic rings. The van der Waals surface area contributed by atoms with E-state index in [9.17, 15) is 4.39 Å². The van der Waals surface area contributed by atoms with Crippen LogP contribution >= 0.6 is 11.8 Å². The van der Waals surface area contributed by atoms with Crippen molar-refractivity contribution in [2.75, 3.05) is 12.9 Å². The van der Waals surface area contributed by atoms with Gasteiger partial charge < -0.3 is 4.74 Å². The van der Waals surface area contributed by atoms with Gasteiger partial charge in [0.15, 0.2) is 0 Å². The van der Waals surface area contributed by atoms with Crippen molar-refractivity contribution < 1.29 is 9.13 Å². The maximum Gasteiger partial charge on any atom is 0.217 e. The molecule has 0 saturated heterocycles. The molecule has 0 radical (unpaired) electrons. The van der Waals surface area contributed by atoms with Crippen molar-refractivity contribution in [2.24, 2.45) is 4.99 Å². The van der Waals surface area contributed by atoms with Gasteiger partial charge in [-0.2, -0.15) is 0 Å². The maximum absolute atomic E-state index is 13.1. The van der Waals surface area contributed by atoms with Crippen LogP contribution in [0.1, 0.15) is 19.4 Å². The Bertz CT molecular complexity index is 443. The van der Waals surface area contributed by atoms with E-state index in [1.165, 1.54) is 23.9 Å². The normalized spacial score (nSPS) is 18.1.